The van der Waals surface area contributed by atoms with Crippen LogP contribution in [0.1, 0.15) is 29.9 Å². The van der Waals surface area contributed by atoms with Gasteiger partial charge >= 0.3 is 5.97 Å². The molecule has 0 saturated heterocycles. The van der Waals surface area contributed by atoms with Crippen molar-refractivity contribution in [2.75, 3.05) is 7.11 Å². The van der Waals surface area contributed by atoms with Crippen molar-refractivity contribution in [3.8, 4) is 0 Å². The summed E-state index contributed by atoms with van der Waals surface area (Å²) in [5.41, 5.74) is 0.912. The molecule has 0 unspecified atom stereocenters. The van der Waals surface area contributed by atoms with E-state index in [4.69, 9.17) is 4.74 Å². The average molecular weight is 351 g/mol. The highest BCUT2D eigenvalue weighted by molar-refractivity contribution is 7.21. The largest absolute Gasteiger partial charge is 0.467 e. The van der Waals surface area contributed by atoms with E-state index in [1.807, 2.05) is 35.9 Å². The summed E-state index contributed by atoms with van der Waals surface area (Å²) in [7, 11) is 1.33. The lowest BCUT2D eigenvalue weighted by molar-refractivity contribution is -0.143. The van der Waals surface area contributed by atoms with Crippen molar-refractivity contribution in [1.29, 1.82) is 0 Å². The summed E-state index contributed by atoms with van der Waals surface area (Å²) in [5, 5.41) is 4.72. The van der Waals surface area contributed by atoms with E-state index in [0.717, 1.165) is 15.3 Å². The van der Waals surface area contributed by atoms with E-state index in [1.54, 1.807) is 11.3 Å². The number of nitrogens with one attached hydrogen (secondary N) is 1. The third-order valence-corrected chi connectivity index (χ3v) is 5.24. The van der Waals surface area contributed by atoms with Gasteiger partial charge in [-0.25, -0.2) is 9.78 Å². The molecule has 3 aromatic heterocycles. The van der Waals surface area contributed by atoms with Gasteiger partial charge in [0, 0.05) is 11.6 Å². The van der Waals surface area contributed by atoms with Gasteiger partial charge in [0.1, 0.15) is 10.9 Å². The second-order valence-electron chi connectivity index (χ2n) is 5.65. The number of rotatable bonds is 5. The Morgan fingerprint density at radius 3 is 2.91 bits per heavy atom. The Balaban J connectivity index is 1.83. The lowest BCUT2D eigenvalue weighted by Gasteiger charge is -2.17. The van der Waals surface area contributed by atoms with Gasteiger partial charge < -0.3 is 10.1 Å². The van der Waals surface area contributed by atoms with Crippen molar-refractivity contribution < 1.29 is 14.3 Å². The number of imidazole rings is 1. The van der Waals surface area contributed by atoms with Crippen LogP contribution in [0, 0.1) is 5.92 Å². The second kappa shape index (κ2) is 6.29. The Kier molecular flexibility index (Phi) is 4.36. The third-order valence-electron chi connectivity index (χ3n) is 3.46. The minimum atomic E-state index is -0.634. The van der Waals surface area contributed by atoms with Crippen molar-refractivity contribution in [3.63, 3.8) is 0 Å². The fourth-order valence-electron chi connectivity index (χ4n) is 2.42. The normalized spacial score (nSPS) is 12.9. The highest BCUT2D eigenvalue weighted by Crippen LogP contribution is 2.28. The van der Waals surface area contributed by atoms with E-state index in [2.05, 4.69) is 10.3 Å². The number of thiazole rings is 1. The fourth-order valence-corrected chi connectivity index (χ4v) is 4.12. The maximum atomic E-state index is 12.5. The molecule has 0 saturated carbocycles. The van der Waals surface area contributed by atoms with E-state index in [0.29, 0.717) is 11.3 Å². The molecule has 1 atom stereocenters. The summed E-state index contributed by atoms with van der Waals surface area (Å²) in [6, 6.07) is 1.18. The predicted molar refractivity (Wildman–Crippen MR) is 91.2 cm³/mol. The molecule has 0 radical (unpaired) electrons. The number of ether oxygens (including phenoxy) is 1. The van der Waals surface area contributed by atoms with Crippen molar-refractivity contribution >= 4 is 49.9 Å². The highest BCUT2D eigenvalue weighted by Gasteiger charge is 2.24. The van der Waals surface area contributed by atoms with E-state index in [9.17, 15) is 9.59 Å². The molecule has 23 heavy (non-hydrogen) atoms. The molecule has 0 aliphatic rings. The Morgan fingerprint density at radius 2 is 2.22 bits per heavy atom. The van der Waals surface area contributed by atoms with E-state index in [1.165, 1.54) is 18.4 Å². The first-order chi connectivity index (χ1) is 11.0. The van der Waals surface area contributed by atoms with Crippen LogP contribution in [0.2, 0.25) is 0 Å². The molecular formula is C15H17N3O3S2. The molecule has 6 nitrogen and oxygen atoms in total. The van der Waals surface area contributed by atoms with Crippen molar-refractivity contribution in [1.82, 2.24) is 14.7 Å². The number of carbonyl (C=O) groups is 2. The van der Waals surface area contributed by atoms with Crippen molar-refractivity contribution in [3.05, 3.63) is 22.5 Å². The summed E-state index contributed by atoms with van der Waals surface area (Å²) in [6.07, 6.45) is 2.47. The second-order valence-corrected chi connectivity index (χ2v) is 7.55. The summed E-state index contributed by atoms with van der Waals surface area (Å²) in [6.45, 7) is 3.99. The fraction of sp³-hybridized carbons (Fsp3) is 0.400. The summed E-state index contributed by atoms with van der Waals surface area (Å²) in [5.74, 6) is -0.421. The molecule has 0 bridgehead atoms. The minimum absolute atomic E-state index is 0.270. The first kappa shape index (κ1) is 15.9. The molecule has 3 aromatic rings. The molecule has 0 aliphatic carbocycles. The molecule has 3 rings (SSSR count). The first-order valence-corrected chi connectivity index (χ1v) is 8.93. The molecule has 1 amide bonds. The third kappa shape index (κ3) is 3.09. The minimum Gasteiger partial charge on any atom is -0.467 e. The average Bonchev–Trinajstić information content (AvgIpc) is 3.16. The van der Waals surface area contributed by atoms with Crippen molar-refractivity contribution in [2.24, 2.45) is 5.92 Å². The van der Waals surface area contributed by atoms with Crippen molar-refractivity contribution in [2.45, 2.75) is 26.3 Å². The number of thiophene rings is 1. The number of aromatic nitrogens is 2. The summed E-state index contributed by atoms with van der Waals surface area (Å²) < 4.78 is 6.73. The van der Waals surface area contributed by atoms with Gasteiger partial charge in [-0.15, -0.1) is 22.7 Å². The molecule has 122 valence electrons. The number of hydrogen-bond donors (Lipinski definition) is 1. The Bertz CT molecular complexity index is 862. The number of nitrogens with zero attached hydrogens (tertiary/aromatic N) is 2. The van der Waals surface area contributed by atoms with E-state index >= 15 is 0 Å². The van der Waals surface area contributed by atoms with Gasteiger partial charge in [-0.1, -0.05) is 13.8 Å². The SMILES string of the molecule is COC(=O)[C@@H](CC(C)C)NC(=O)c1cc2c(nc3sccn32)s1. The van der Waals surface area contributed by atoms with Crippen LogP contribution in [0.5, 0.6) is 0 Å². The number of hydrogen-bond acceptors (Lipinski definition) is 6. The standard InChI is InChI=1S/C15H17N3O3S2/c1-8(2)6-9(14(20)21-3)16-12(19)11-7-10-13(23-11)17-15-18(10)4-5-22-15/h4-5,7-9H,6H2,1-3H3,(H,16,19)/t9-/m1/s1. The van der Waals surface area contributed by atoms with Gasteiger partial charge in [0.05, 0.1) is 17.5 Å². The van der Waals surface area contributed by atoms with Crippen LogP contribution < -0.4 is 5.32 Å². The van der Waals surface area contributed by atoms with Crippen LogP contribution in [-0.2, 0) is 9.53 Å². The smallest absolute Gasteiger partial charge is 0.328 e. The van der Waals surface area contributed by atoms with Crippen LogP contribution >= 0.6 is 22.7 Å². The van der Waals surface area contributed by atoms with Crippen LogP contribution in [0.25, 0.3) is 15.3 Å². The number of fused-ring (bicyclic) bond motifs is 3. The Labute approximate surface area is 141 Å². The summed E-state index contributed by atoms with van der Waals surface area (Å²) >= 11 is 2.88. The molecule has 3 heterocycles. The van der Waals surface area contributed by atoms with E-state index in [-0.39, 0.29) is 11.8 Å². The number of methoxy groups -OCH3 is 1. The van der Waals surface area contributed by atoms with Gasteiger partial charge in [-0.2, -0.15) is 0 Å². The zero-order valence-electron chi connectivity index (χ0n) is 13.0. The van der Waals surface area contributed by atoms with Crippen LogP contribution in [0.4, 0.5) is 0 Å². The molecule has 0 fully saturated rings. The maximum absolute atomic E-state index is 12.5. The maximum Gasteiger partial charge on any atom is 0.328 e. The first-order valence-electron chi connectivity index (χ1n) is 7.23. The predicted octanol–water partition coefficient (Wildman–Crippen LogP) is 2.93. The van der Waals surface area contributed by atoms with Crippen LogP contribution in [0.15, 0.2) is 17.6 Å². The molecular weight excluding hydrogens is 334 g/mol. The zero-order chi connectivity index (χ0) is 16.6. The summed E-state index contributed by atoms with van der Waals surface area (Å²) in [4.78, 5) is 31.0. The lowest BCUT2D eigenvalue weighted by Crippen LogP contribution is -2.42. The Hall–Kier alpha value is -1.93. The van der Waals surface area contributed by atoms with Gasteiger partial charge in [-0.3, -0.25) is 9.20 Å². The van der Waals surface area contributed by atoms with Gasteiger partial charge in [0.15, 0.2) is 4.96 Å². The van der Waals surface area contributed by atoms with Crippen LogP contribution in [0.3, 0.4) is 0 Å². The molecule has 8 heteroatoms. The van der Waals surface area contributed by atoms with Gasteiger partial charge in [0.2, 0.25) is 0 Å². The number of esters is 1. The monoisotopic (exact) mass is 351 g/mol. The van der Waals surface area contributed by atoms with Gasteiger partial charge in [-0.05, 0) is 18.4 Å². The van der Waals surface area contributed by atoms with Crippen LogP contribution in [-0.4, -0.2) is 34.4 Å². The topological polar surface area (TPSA) is 72.7 Å². The quantitative estimate of drug-likeness (QED) is 0.717. The van der Waals surface area contributed by atoms with E-state index < -0.39 is 12.0 Å². The zero-order valence-corrected chi connectivity index (χ0v) is 14.7. The molecule has 1 N–H and O–H groups in total. The lowest BCUT2D eigenvalue weighted by atomic mass is 10.0. The van der Waals surface area contributed by atoms with Gasteiger partial charge in [0.25, 0.3) is 5.91 Å². The number of amides is 1. The molecule has 0 aliphatic heterocycles. The number of carbonyl (C=O) groups excluding carboxylic acids is 2. The Morgan fingerprint density at radius 1 is 1.43 bits per heavy atom. The molecule has 0 aromatic carbocycles. The molecule has 0 spiro atoms. The highest BCUT2D eigenvalue weighted by atomic mass is 32.1.